The van der Waals surface area contributed by atoms with Crippen molar-refractivity contribution in [2.24, 2.45) is 5.41 Å². The summed E-state index contributed by atoms with van der Waals surface area (Å²) in [6.45, 7) is 5.26. The number of amides is 2. The molecule has 0 unspecified atom stereocenters. The van der Waals surface area contributed by atoms with Crippen LogP contribution in [0.25, 0.3) is 10.4 Å². The number of pyridine rings is 1. The average Bonchev–Trinajstić information content (AvgIpc) is 3.38. The van der Waals surface area contributed by atoms with Crippen molar-refractivity contribution in [1.29, 1.82) is 0 Å². The van der Waals surface area contributed by atoms with Crippen LogP contribution in [0.1, 0.15) is 54.5 Å². The van der Waals surface area contributed by atoms with E-state index in [1.54, 1.807) is 30.3 Å². The summed E-state index contributed by atoms with van der Waals surface area (Å²) in [5.74, 6) is -2.06. The molecular weight excluding hydrogens is 595 g/mol. The summed E-state index contributed by atoms with van der Waals surface area (Å²) in [6, 6.07) is 16.5. The van der Waals surface area contributed by atoms with Crippen molar-refractivity contribution < 1.29 is 28.6 Å². The lowest BCUT2D eigenvalue weighted by Gasteiger charge is -2.53. The normalized spacial score (nSPS) is 16.8. The molecule has 2 aromatic heterocycles. The topological polar surface area (TPSA) is 112 Å². The highest BCUT2D eigenvalue weighted by molar-refractivity contribution is 7.17. The summed E-state index contributed by atoms with van der Waals surface area (Å²) in [5, 5.41) is 12.3. The number of para-hydroxylation sites is 1. The van der Waals surface area contributed by atoms with Crippen molar-refractivity contribution in [3.8, 4) is 10.4 Å². The third-order valence-electron chi connectivity index (χ3n) is 8.93. The van der Waals surface area contributed by atoms with Gasteiger partial charge in [0.25, 0.3) is 11.8 Å². The summed E-state index contributed by atoms with van der Waals surface area (Å²) >= 11 is 1.17. The number of aromatic nitrogens is 1. The van der Waals surface area contributed by atoms with Crippen LogP contribution in [-0.4, -0.2) is 60.7 Å². The van der Waals surface area contributed by atoms with Crippen LogP contribution in [0.15, 0.2) is 60.7 Å². The number of aryl methyl sites for hydroxylation is 1. The van der Waals surface area contributed by atoms with Gasteiger partial charge in [0.05, 0.1) is 16.8 Å². The fourth-order valence-electron chi connectivity index (χ4n) is 6.52. The summed E-state index contributed by atoms with van der Waals surface area (Å²) in [4.78, 5) is 48.1. The second-order valence-corrected chi connectivity index (χ2v) is 13.0. The van der Waals surface area contributed by atoms with Crippen molar-refractivity contribution in [2.45, 2.75) is 26.2 Å². The number of fused-ring (bicyclic) bond motifs is 3. The van der Waals surface area contributed by atoms with E-state index in [1.807, 2.05) is 19.1 Å². The lowest BCUT2D eigenvalue weighted by molar-refractivity contribution is -0.000520. The van der Waals surface area contributed by atoms with E-state index < -0.39 is 23.6 Å². The van der Waals surface area contributed by atoms with Crippen molar-refractivity contribution in [3.05, 3.63) is 93.7 Å². The van der Waals surface area contributed by atoms with E-state index in [9.17, 15) is 19.5 Å². The maximum atomic E-state index is 15.6. The SMILES string of the molecule is Cc1ccc(C(=O)Nc2ccc(C(=O)N3CCc4cc(C(=O)O)sc4-c4ccccc43)c(F)c2)c(N2CC3(CCOCC3)C2)n1. The molecule has 230 valence electrons. The van der Waals surface area contributed by atoms with Crippen LogP contribution in [0, 0.1) is 18.2 Å². The molecule has 2 amide bonds. The van der Waals surface area contributed by atoms with E-state index in [2.05, 4.69) is 15.2 Å². The molecule has 0 radical (unpaired) electrons. The molecule has 7 rings (SSSR count). The number of nitrogens with zero attached hydrogens (tertiary/aromatic N) is 3. The van der Waals surface area contributed by atoms with Gasteiger partial charge in [0.2, 0.25) is 0 Å². The molecule has 2 saturated heterocycles. The predicted octanol–water partition coefficient (Wildman–Crippen LogP) is 6.03. The zero-order valence-electron chi connectivity index (χ0n) is 24.6. The first-order valence-corrected chi connectivity index (χ1v) is 15.7. The monoisotopic (exact) mass is 626 g/mol. The number of carbonyl (C=O) groups is 3. The number of carboxylic acids is 1. The molecule has 0 aliphatic carbocycles. The Hall–Kier alpha value is -4.61. The first kappa shape index (κ1) is 29.1. The van der Waals surface area contributed by atoms with Gasteiger partial charge in [0, 0.05) is 60.1 Å². The Morgan fingerprint density at radius 2 is 1.78 bits per heavy atom. The second kappa shape index (κ2) is 11.4. The minimum absolute atomic E-state index is 0.126. The molecule has 4 aromatic rings. The standard InChI is InChI=1S/C34H31FN4O5S/c1-20-6-8-25(30(36-20)38-18-34(19-38)11-14-44-15-12-34)31(40)37-22-7-9-23(26(35)17-22)32(41)39-13-10-21-16-28(33(42)43)45-29(21)24-4-2-3-5-27(24)39/h2-9,16-17H,10-15,18-19H2,1H3,(H,37,40)(H,42,43). The van der Waals surface area contributed by atoms with Crippen molar-refractivity contribution >= 4 is 46.3 Å². The van der Waals surface area contributed by atoms with E-state index in [0.29, 0.717) is 23.5 Å². The molecule has 1 spiro atoms. The summed E-state index contributed by atoms with van der Waals surface area (Å²) in [5.41, 5.74) is 3.66. The maximum Gasteiger partial charge on any atom is 0.345 e. The van der Waals surface area contributed by atoms with Crippen molar-refractivity contribution in [1.82, 2.24) is 4.98 Å². The third kappa shape index (κ3) is 5.36. The van der Waals surface area contributed by atoms with E-state index in [1.165, 1.54) is 28.4 Å². The number of thiophene rings is 1. The van der Waals surface area contributed by atoms with Gasteiger partial charge in [0.1, 0.15) is 16.5 Å². The Bertz CT molecular complexity index is 1840. The number of nitrogens with one attached hydrogen (secondary N) is 1. The highest BCUT2D eigenvalue weighted by Crippen LogP contribution is 2.43. The molecule has 0 saturated carbocycles. The summed E-state index contributed by atoms with van der Waals surface area (Å²) in [6.07, 6.45) is 2.41. The van der Waals surface area contributed by atoms with Gasteiger partial charge in [-0.15, -0.1) is 11.3 Å². The van der Waals surface area contributed by atoms with Crippen LogP contribution in [-0.2, 0) is 11.2 Å². The Morgan fingerprint density at radius 1 is 1.02 bits per heavy atom. The number of halogens is 1. The molecule has 11 heteroatoms. The van der Waals surface area contributed by atoms with Gasteiger partial charge >= 0.3 is 5.97 Å². The Balaban J connectivity index is 1.10. The van der Waals surface area contributed by atoms with Crippen LogP contribution in [0.5, 0.6) is 0 Å². The second-order valence-electron chi connectivity index (χ2n) is 11.9. The smallest absolute Gasteiger partial charge is 0.345 e. The third-order valence-corrected chi connectivity index (χ3v) is 10.1. The van der Waals surface area contributed by atoms with Gasteiger partial charge in [0.15, 0.2) is 0 Å². The molecule has 3 aliphatic rings. The average molecular weight is 627 g/mol. The Kier molecular flexibility index (Phi) is 7.37. The number of ether oxygens (including phenoxy) is 1. The van der Waals surface area contributed by atoms with Crippen LogP contribution < -0.4 is 15.1 Å². The molecule has 5 heterocycles. The highest BCUT2D eigenvalue weighted by Gasteiger charge is 2.45. The Morgan fingerprint density at radius 3 is 2.53 bits per heavy atom. The Labute approximate surface area is 263 Å². The first-order valence-electron chi connectivity index (χ1n) is 14.9. The largest absolute Gasteiger partial charge is 0.477 e. The predicted molar refractivity (Wildman–Crippen MR) is 170 cm³/mol. The fourth-order valence-corrected chi connectivity index (χ4v) is 7.60. The van der Waals surface area contributed by atoms with E-state index in [4.69, 9.17) is 4.74 Å². The highest BCUT2D eigenvalue weighted by atomic mass is 32.1. The zero-order chi connectivity index (χ0) is 31.3. The molecule has 2 aromatic carbocycles. The number of rotatable bonds is 5. The molecular formula is C34H31FN4O5S. The van der Waals surface area contributed by atoms with Gasteiger partial charge in [-0.25, -0.2) is 14.2 Å². The number of carboxylic acid groups (broad SMARTS) is 1. The molecule has 0 atom stereocenters. The lowest BCUT2D eigenvalue weighted by atomic mass is 9.73. The maximum absolute atomic E-state index is 15.6. The minimum Gasteiger partial charge on any atom is -0.477 e. The number of hydrogen-bond donors (Lipinski definition) is 2. The molecule has 9 nitrogen and oxygen atoms in total. The van der Waals surface area contributed by atoms with Crippen molar-refractivity contribution in [3.63, 3.8) is 0 Å². The molecule has 3 aliphatic heterocycles. The van der Waals surface area contributed by atoms with Gasteiger partial charge in [-0.2, -0.15) is 0 Å². The zero-order valence-corrected chi connectivity index (χ0v) is 25.5. The van der Waals surface area contributed by atoms with Gasteiger partial charge < -0.3 is 25.0 Å². The van der Waals surface area contributed by atoms with Crippen LogP contribution in [0.2, 0.25) is 0 Å². The quantitative estimate of drug-likeness (QED) is 0.278. The lowest BCUT2D eigenvalue weighted by Crippen LogP contribution is -2.59. The minimum atomic E-state index is -0.994. The molecule has 2 N–H and O–H groups in total. The number of hydrogen-bond acceptors (Lipinski definition) is 7. The van der Waals surface area contributed by atoms with Gasteiger partial charge in [-0.1, -0.05) is 18.2 Å². The van der Waals surface area contributed by atoms with Gasteiger partial charge in [-0.3, -0.25) is 9.59 Å². The molecule has 2 fully saturated rings. The summed E-state index contributed by atoms with van der Waals surface area (Å²) < 4.78 is 21.1. The van der Waals surface area contributed by atoms with E-state index >= 15 is 4.39 Å². The van der Waals surface area contributed by atoms with E-state index in [-0.39, 0.29) is 28.1 Å². The van der Waals surface area contributed by atoms with Crippen LogP contribution >= 0.6 is 11.3 Å². The molecule has 45 heavy (non-hydrogen) atoms. The number of aromatic carboxylic acids is 1. The summed E-state index contributed by atoms with van der Waals surface area (Å²) in [7, 11) is 0. The number of anilines is 3. The number of benzene rings is 2. The van der Waals surface area contributed by atoms with Crippen molar-refractivity contribution in [2.75, 3.05) is 48.0 Å². The van der Waals surface area contributed by atoms with Crippen LogP contribution in [0.3, 0.4) is 0 Å². The number of carbonyl (C=O) groups excluding carboxylic acids is 2. The fraction of sp³-hybridized carbons (Fsp3) is 0.294. The van der Waals surface area contributed by atoms with E-state index in [0.717, 1.165) is 66.9 Å². The molecule has 0 bridgehead atoms. The first-order chi connectivity index (χ1) is 21.7. The van der Waals surface area contributed by atoms with Crippen LogP contribution in [0.4, 0.5) is 21.6 Å². The van der Waals surface area contributed by atoms with Gasteiger partial charge in [-0.05, 0) is 74.2 Å².